The molecule has 0 bridgehead atoms. The first-order chi connectivity index (χ1) is 5.69. The van der Waals surface area contributed by atoms with Gasteiger partial charge in [0.1, 0.15) is 0 Å². The van der Waals surface area contributed by atoms with E-state index in [4.69, 9.17) is 16.1 Å². The second-order valence-corrected chi connectivity index (χ2v) is 2.46. The maximum Gasteiger partial charge on any atom is 0.0673 e. The molecule has 1 aromatic carbocycles. The summed E-state index contributed by atoms with van der Waals surface area (Å²) in [6, 6.07) is 3.10. The standard InChI is InChI=1S/C7H11N3O2/c1-4-6(8)2-5(9-11)3-7(4)10-12/h2-3,9-12H,8H2,1H3. The second kappa shape index (κ2) is 3.29. The maximum absolute atomic E-state index is 8.65. The van der Waals surface area contributed by atoms with Crippen molar-refractivity contribution in [3.8, 4) is 0 Å². The fourth-order valence-electron chi connectivity index (χ4n) is 0.917. The Hall–Kier alpha value is -1.46. The molecule has 0 aliphatic heterocycles. The van der Waals surface area contributed by atoms with Gasteiger partial charge >= 0.3 is 0 Å². The average Bonchev–Trinajstić information content (AvgIpc) is 2.09. The van der Waals surface area contributed by atoms with Gasteiger partial charge in [0.15, 0.2) is 0 Å². The number of rotatable bonds is 2. The number of nitrogen functional groups attached to an aromatic ring is 1. The largest absolute Gasteiger partial charge is 0.398 e. The summed E-state index contributed by atoms with van der Waals surface area (Å²) >= 11 is 0. The summed E-state index contributed by atoms with van der Waals surface area (Å²) in [6.45, 7) is 1.76. The van der Waals surface area contributed by atoms with E-state index in [9.17, 15) is 0 Å². The third kappa shape index (κ3) is 1.41. The number of benzene rings is 1. The van der Waals surface area contributed by atoms with Crippen molar-refractivity contribution in [1.29, 1.82) is 0 Å². The summed E-state index contributed by atoms with van der Waals surface area (Å²) < 4.78 is 0. The van der Waals surface area contributed by atoms with Crippen LogP contribution in [0.1, 0.15) is 5.56 Å². The van der Waals surface area contributed by atoms with E-state index < -0.39 is 0 Å². The minimum atomic E-state index is 0.426. The Kier molecular flexibility index (Phi) is 2.37. The van der Waals surface area contributed by atoms with E-state index >= 15 is 0 Å². The van der Waals surface area contributed by atoms with Gasteiger partial charge in [0, 0.05) is 5.69 Å². The van der Waals surface area contributed by atoms with E-state index in [1.54, 1.807) is 13.0 Å². The van der Waals surface area contributed by atoms with E-state index in [1.165, 1.54) is 6.07 Å². The van der Waals surface area contributed by atoms with Gasteiger partial charge in [-0.3, -0.25) is 21.4 Å². The SMILES string of the molecule is Cc1c(N)cc(NO)cc1NO. The third-order valence-electron chi connectivity index (χ3n) is 1.70. The summed E-state index contributed by atoms with van der Waals surface area (Å²) in [4.78, 5) is 0. The van der Waals surface area contributed by atoms with Crippen molar-refractivity contribution < 1.29 is 10.4 Å². The molecule has 0 aliphatic carbocycles. The van der Waals surface area contributed by atoms with Gasteiger partial charge < -0.3 is 5.73 Å². The molecule has 5 heteroatoms. The quantitative estimate of drug-likeness (QED) is 0.339. The molecule has 0 amide bonds. The predicted molar refractivity (Wildman–Crippen MR) is 46.4 cm³/mol. The summed E-state index contributed by atoms with van der Waals surface area (Å²) in [7, 11) is 0. The molecule has 0 radical (unpaired) electrons. The zero-order valence-electron chi connectivity index (χ0n) is 6.63. The lowest BCUT2D eigenvalue weighted by Gasteiger charge is -2.09. The summed E-state index contributed by atoms with van der Waals surface area (Å²) in [5, 5.41) is 17.2. The van der Waals surface area contributed by atoms with Crippen molar-refractivity contribution in [2.24, 2.45) is 0 Å². The van der Waals surface area contributed by atoms with E-state index in [-0.39, 0.29) is 0 Å². The van der Waals surface area contributed by atoms with Crippen molar-refractivity contribution in [3.63, 3.8) is 0 Å². The van der Waals surface area contributed by atoms with Crippen LogP contribution in [0.4, 0.5) is 17.1 Å². The van der Waals surface area contributed by atoms with Gasteiger partial charge in [-0.2, -0.15) is 0 Å². The lowest BCUT2D eigenvalue weighted by molar-refractivity contribution is 0.385. The molecule has 0 atom stereocenters. The predicted octanol–water partition coefficient (Wildman–Crippen LogP) is 1.18. The lowest BCUT2D eigenvalue weighted by atomic mass is 10.1. The van der Waals surface area contributed by atoms with Crippen molar-refractivity contribution >= 4 is 17.1 Å². The normalized spacial score (nSPS) is 9.58. The number of hydrogen-bond donors (Lipinski definition) is 5. The Morgan fingerprint density at radius 3 is 2.42 bits per heavy atom. The van der Waals surface area contributed by atoms with E-state index in [0.717, 1.165) is 5.56 Å². The highest BCUT2D eigenvalue weighted by atomic mass is 16.5. The molecule has 0 fully saturated rings. The molecule has 0 saturated carbocycles. The van der Waals surface area contributed by atoms with Gasteiger partial charge in [0.2, 0.25) is 0 Å². The molecule has 0 unspecified atom stereocenters. The topological polar surface area (TPSA) is 90.5 Å². The highest BCUT2D eigenvalue weighted by Crippen LogP contribution is 2.25. The molecule has 0 saturated heterocycles. The van der Waals surface area contributed by atoms with Gasteiger partial charge in [0.25, 0.3) is 0 Å². The van der Waals surface area contributed by atoms with Crippen LogP contribution in [-0.2, 0) is 0 Å². The van der Waals surface area contributed by atoms with Crippen LogP contribution in [0.2, 0.25) is 0 Å². The van der Waals surface area contributed by atoms with Crippen LogP contribution >= 0.6 is 0 Å². The zero-order valence-corrected chi connectivity index (χ0v) is 6.63. The molecule has 0 heterocycles. The molecule has 5 nitrogen and oxygen atoms in total. The second-order valence-electron chi connectivity index (χ2n) is 2.46. The van der Waals surface area contributed by atoms with Gasteiger partial charge in [-0.15, -0.1) is 0 Å². The average molecular weight is 169 g/mol. The van der Waals surface area contributed by atoms with Gasteiger partial charge in [-0.25, -0.2) is 0 Å². The van der Waals surface area contributed by atoms with Gasteiger partial charge in [0.05, 0.1) is 11.4 Å². The van der Waals surface area contributed by atoms with E-state index in [2.05, 4.69) is 0 Å². The molecule has 0 spiro atoms. The number of hydrogen-bond acceptors (Lipinski definition) is 5. The van der Waals surface area contributed by atoms with Crippen LogP contribution in [0.25, 0.3) is 0 Å². The molecule has 0 aliphatic rings. The Morgan fingerprint density at radius 1 is 1.25 bits per heavy atom. The minimum Gasteiger partial charge on any atom is -0.398 e. The van der Waals surface area contributed by atoms with E-state index in [0.29, 0.717) is 17.1 Å². The summed E-state index contributed by atoms with van der Waals surface area (Å²) in [5.41, 5.74) is 11.6. The van der Waals surface area contributed by atoms with Crippen LogP contribution < -0.4 is 16.7 Å². The van der Waals surface area contributed by atoms with Crippen LogP contribution in [-0.4, -0.2) is 10.4 Å². The van der Waals surface area contributed by atoms with Crippen molar-refractivity contribution in [1.82, 2.24) is 0 Å². The van der Waals surface area contributed by atoms with Crippen LogP contribution in [0, 0.1) is 6.92 Å². The van der Waals surface area contributed by atoms with Gasteiger partial charge in [-0.1, -0.05) is 0 Å². The highest BCUT2D eigenvalue weighted by molar-refractivity contribution is 5.70. The summed E-state index contributed by atoms with van der Waals surface area (Å²) in [6.07, 6.45) is 0. The first-order valence-electron chi connectivity index (χ1n) is 3.39. The van der Waals surface area contributed by atoms with Crippen LogP contribution in [0.5, 0.6) is 0 Å². The van der Waals surface area contributed by atoms with E-state index in [1.807, 2.05) is 11.0 Å². The molecular weight excluding hydrogens is 158 g/mol. The monoisotopic (exact) mass is 169 g/mol. The van der Waals surface area contributed by atoms with Crippen LogP contribution in [0.3, 0.4) is 0 Å². The first-order valence-corrected chi connectivity index (χ1v) is 3.39. The molecule has 12 heavy (non-hydrogen) atoms. The molecule has 1 aromatic rings. The first kappa shape index (κ1) is 8.63. The number of nitrogens with two attached hydrogens (primary N) is 1. The zero-order chi connectivity index (χ0) is 9.14. The Morgan fingerprint density at radius 2 is 1.92 bits per heavy atom. The Bertz CT molecular complexity index is 288. The van der Waals surface area contributed by atoms with Gasteiger partial charge in [-0.05, 0) is 24.6 Å². The fourth-order valence-corrected chi connectivity index (χ4v) is 0.917. The van der Waals surface area contributed by atoms with Crippen molar-refractivity contribution in [2.45, 2.75) is 6.92 Å². The van der Waals surface area contributed by atoms with Crippen molar-refractivity contribution in [3.05, 3.63) is 17.7 Å². The number of nitrogens with one attached hydrogen (secondary N) is 2. The molecule has 66 valence electrons. The number of anilines is 3. The molecular formula is C7H11N3O2. The maximum atomic E-state index is 8.65. The lowest BCUT2D eigenvalue weighted by Crippen LogP contribution is -2.00. The molecule has 0 aromatic heterocycles. The molecule has 1 rings (SSSR count). The Labute approximate surface area is 69.7 Å². The minimum absolute atomic E-state index is 0.426. The van der Waals surface area contributed by atoms with Crippen molar-refractivity contribution in [2.75, 3.05) is 16.7 Å². The van der Waals surface area contributed by atoms with Crippen LogP contribution in [0.15, 0.2) is 12.1 Å². The molecule has 6 N–H and O–H groups in total. The summed E-state index contributed by atoms with van der Waals surface area (Å²) in [5.74, 6) is 0. The highest BCUT2D eigenvalue weighted by Gasteiger charge is 2.02. The smallest absolute Gasteiger partial charge is 0.0673 e. The Balaban J connectivity index is 3.19. The third-order valence-corrected chi connectivity index (χ3v) is 1.70. The fraction of sp³-hybridized carbons (Fsp3) is 0.143.